The molecule has 0 spiro atoms. The van der Waals surface area contributed by atoms with Gasteiger partial charge in [0.15, 0.2) is 5.82 Å². The van der Waals surface area contributed by atoms with E-state index < -0.39 is 18.1 Å². The van der Waals surface area contributed by atoms with Crippen molar-refractivity contribution in [1.82, 2.24) is 15.2 Å². The molecule has 118 valence electrons. The van der Waals surface area contributed by atoms with Crippen molar-refractivity contribution >= 4 is 12.3 Å². The Morgan fingerprint density at radius 1 is 1.59 bits per heavy atom. The Kier molecular flexibility index (Phi) is 4.65. The number of aliphatic imine (C=N–C) groups is 1. The highest BCUT2D eigenvalue weighted by molar-refractivity contribution is 5.76. The van der Waals surface area contributed by atoms with Crippen LogP contribution < -0.4 is 0 Å². The topological polar surface area (TPSA) is 80.8 Å². The zero-order valence-electron chi connectivity index (χ0n) is 11.4. The normalized spacial score (nSPS) is 17.8. The summed E-state index contributed by atoms with van der Waals surface area (Å²) in [6.07, 6.45) is -3.75. The van der Waals surface area contributed by atoms with Gasteiger partial charge in [0.1, 0.15) is 6.34 Å². The molecule has 0 fully saturated rings. The molecule has 0 N–H and O–H groups in total. The number of hydrogen-bond acceptors (Lipinski definition) is 7. The standard InChI is InChI=1S/C12H11F3N4O3/c1-2-3-4-9-17-10(21-18-9)8-5-16-7-19(6-8)22-11(20)12(13,14)15/h7-8H,4-6H2,1H3. The molecule has 0 aliphatic carbocycles. The van der Waals surface area contributed by atoms with E-state index in [1.54, 1.807) is 6.92 Å². The van der Waals surface area contributed by atoms with Crippen molar-refractivity contribution in [2.45, 2.75) is 25.4 Å². The molecule has 2 heterocycles. The van der Waals surface area contributed by atoms with E-state index in [9.17, 15) is 18.0 Å². The van der Waals surface area contributed by atoms with Crippen LogP contribution in [0, 0.1) is 11.8 Å². The summed E-state index contributed by atoms with van der Waals surface area (Å²) in [7, 11) is 0. The zero-order chi connectivity index (χ0) is 16.2. The third-order valence-corrected chi connectivity index (χ3v) is 2.62. The summed E-state index contributed by atoms with van der Waals surface area (Å²) >= 11 is 0. The van der Waals surface area contributed by atoms with Gasteiger partial charge in [0.25, 0.3) is 0 Å². The maximum absolute atomic E-state index is 12.1. The monoisotopic (exact) mass is 316 g/mol. The van der Waals surface area contributed by atoms with Gasteiger partial charge in [-0.05, 0) is 6.92 Å². The van der Waals surface area contributed by atoms with Gasteiger partial charge in [-0.15, -0.1) is 5.92 Å². The van der Waals surface area contributed by atoms with Crippen LogP contribution in [0.2, 0.25) is 0 Å². The van der Waals surface area contributed by atoms with Crippen molar-refractivity contribution in [1.29, 1.82) is 0 Å². The van der Waals surface area contributed by atoms with E-state index in [4.69, 9.17) is 4.52 Å². The van der Waals surface area contributed by atoms with Crippen LogP contribution in [-0.4, -0.2) is 46.8 Å². The molecule has 1 aromatic heterocycles. The molecule has 1 aromatic rings. The van der Waals surface area contributed by atoms with Gasteiger partial charge in [-0.1, -0.05) is 11.1 Å². The van der Waals surface area contributed by atoms with Crippen LogP contribution in [-0.2, 0) is 16.1 Å². The van der Waals surface area contributed by atoms with E-state index in [0.29, 0.717) is 17.3 Å². The number of halogens is 3. The molecule has 22 heavy (non-hydrogen) atoms. The van der Waals surface area contributed by atoms with Crippen LogP contribution in [0.15, 0.2) is 9.52 Å². The van der Waals surface area contributed by atoms with Crippen LogP contribution in [0.3, 0.4) is 0 Å². The molecular formula is C12H11F3N4O3. The third-order valence-electron chi connectivity index (χ3n) is 2.62. The van der Waals surface area contributed by atoms with Crippen molar-refractivity contribution in [2.75, 3.05) is 13.1 Å². The minimum Gasteiger partial charge on any atom is -0.339 e. The minimum absolute atomic E-state index is 0.0631. The summed E-state index contributed by atoms with van der Waals surface area (Å²) in [5.74, 6) is 3.24. The summed E-state index contributed by atoms with van der Waals surface area (Å²) in [6, 6.07) is 0. The number of carbonyl (C=O) groups is 1. The Bertz CT molecular complexity index is 630. The van der Waals surface area contributed by atoms with E-state index in [-0.39, 0.29) is 19.0 Å². The average molecular weight is 316 g/mol. The molecule has 0 amide bonds. The maximum Gasteiger partial charge on any atom is 0.493 e. The van der Waals surface area contributed by atoms with E-state index in [1.165, 1.54) is 0 Å². The number of alkyl halides is 3. The van der Waals surface area contributed by atoms with Crippen molar-refractivity contribution in [2.24, 2.45) is 4.99 Å². The number of carbonyl (C=O) groups excluding carboxylic acids is 1. The van der Waals surface area contributed by atoms with Gasteiger partial charge < -0.3 is 9.36 Å². The lowest BCUT2D eigenvalue weighted by Crippen LogP contribution is -2.39. The van der Waals surface area contributed by atoms with Crippen molar-refractivity contribution in [3.05, 3.63) is 11.7 Å². The second-order valence-electron chi connectivity index (χ2n) is 4.31. The maximum atomic E-state index is 12.1. The molecule has 2 rings (SSSR count). The molecule has 1 atom stereocenters. The molecule has 0 saturated carbocycles. The second-order valence-corrected chi connectivity index (χ2v) is 4.31. The lowest BCUT2D eigenvalue weighted by Gasteiger charge is -2.25. The fourth-order valence-electron chi connectivity index (χ4n) is 1.64. The number of rotatable bonds is 3. The van der Waals surface area contributed by atoms with E-state index in [0.717, 1.165) is 6.34 Å². The van der Waals surface area contributed by atoms with E-state index in [1.807, 2.05) is 0 Å². The predicted molar refractivity (Wildman–Crippen MR) is 66.4 cm³/mol. The molecule has 1 aliphatic rings. The van der Waals surface area contributed by atoms with Crippen molar-refractivity contribution in [3.63, 3.8) is 0 Å². The Morgan fingerprint density at radius 2 is 2.36 bits per heavy atom. The van der Waals surface area contributed by atoms with Gasteiger partial charge in [0.2, 0.25) is 5.89 Å². The minimum atomic E-state index is -5.07. The first-order valence-corrected chi connectivity index (χ1v) is 6.18. The first kappa shape index (κ1) is 15.8. The lowest BCUT2D eigenvalue weighted by atomic mass is 10.1. The SMILES string of the molecule is CC#CCc1noc(C2CN=CN(OC(=O)C(F)(F)F)C2)n1. The molecule has 1 aliphatic heterocycles. The van der Waals surface area contributed by atoms with Crippen LogP contribution in [0.4, 0.5) is 13.2 Å². The van der Waals surface area contributed by atoms with Gasteiger partial charge in [-0.25, -0.2) is 4.79 Å². The summed E-state index contributed by atoms with van der Waals surface area (Å²) in [4.78, 5) is 22.9. The van der Waals surface area contributed by atoms with E-state index in [2.05, 4.69) is 31.8 Å². The van der Waals surface area contributed by atoms with Crippen molar-refractivity contribution in [3.8, 4) is 11.8 Å². The Balaban J connectivity index is 1.99. The van der Waals surface area contributed by atoms with Crippen LogP contribution in [0.1, 0.15) is 24.6 Å². The summed E-state index contributed by atoms with van der Waals surface area (Å²) < 4.78 is 41.5. The predicted octanol–water partition coefficient (Wildman–Crippen LogP) is 1.08. The molecule has 0 bridgehead atoms. The Hall–Kier alpha value is -2.57. The van der Waals surface area contributed by atoms with Gasteiger partial charge >= 0.3 is 12.1 Å². The third kappa shape index (κ3) is 3.97. The van der Waals surface area contributed by atoms with Gasteiger partial charge in [0.05, 0.1) is 25.4 Å². The molecule has 0 saturated heterocycles. The molecular weight excluding hydrogens is 305 g/mol. The lowest BCUT2D eigenvalue weighted by molar-refractivity contribution is -0.225. The van der Waals surface area contributed by atoms with E-state index >= 15 is 0 Å². The first-order chi connectivity index (χ1) is 10.4. The smallest absolute Gasteiger partial charge is 0.339 e. The highest BCUT2D eigenvalue weighted by atomic mass is 19.4. The van der Waals surface area contributed by atoms with Gasteiger partial charge in [-0.2, -0.15) is 23.2 Å². The summed E-state index contributed by atoms with van der Waals surface area (Å²) in [6.45, 7) is 1.84. The molecule has 0 radical (unpaired) electrons. The fourth-order valence-corrected chi connectivity index (χ4v) is 1.64. The molecule has 10 heteroatoms. The number of hydroxylamine groups is 2. The summed E-state index contributed by atoms with van der Waals surface area (Å²) in [5, 5.41) is 4.40. The quantitative estimate of drug-likeness (QED) is 0.776. The Labute approximate surface area is 123 Å². The molecule has 0 aromatic carbocycles. The average Bonchev–Trinajstić information content (AvgIpc) is 2.93. The highest BCUT2D eigenvalue weighted by Gasteiger charge is 2.43. The van der Waals surface area contributed by atoms with Crippen LogP contribution in [0.25, 0.3) is 0 Å². The zero-order valence-corrected chi connectivity index (χ0v) is 11.4. The van der Waals surface area contributed by atoms with Crippen molar-refractivity contribution < 1.29 is 27.3 Å². The molecule has 1 unspecified atom stereocenters. The highest BCUT2D eigenvalue weighted by Crippen LogP contribution is 2.21. The fraction of sp³-hybridized carbons (Fsp3) is 0.500. The summed E-state index contributed by atoms with van der Waals surface area (Å²) in [5.41, 5.74) is 0. The molecule has 7 nitrogen and oxygen atoms in total. The first-order valence-electron chi connectivity index (χ1n) is 6.18. The van der Waals surface area contributed by atoms with Crippen LogP contribution in [0.5, 0.6) is 0 Å². The number of aromatic nitrogens is 2. The Morgan fingerprint density at radius 3 is 3.05 bits per heavy atom. The number of hydrogen-bond donors (Lipinski definition) is 0. The number of nitrogens with zero attached hydrogens (tertiary/aromatic N) is 4. The van der Waals surface area contributed by atoms with Gasteiger partial charge in [0, 0.05) is 0 Å². The second kappa shape index (κ2) is 6.46. The van der Waals surface area contributed by atoms with Crippen LogP contribution >= 0.6 is 0 Å². The van der Waals surface area contributed by atoms with Gasteiger partial charge in [-0.3, -0.25) is 4.99 Å². The largest absolute Gasteiger partial charge is 0.493 e.